The van der Waals surface area contributed by atoms with E-state index >= 15 is 0 Å². The van der Waals surface area contributed by atoms with E-state index in [-0.39, 0.29) is 69.4 Å². The van der Waals surface area contributed by atoms with Crippen molar-refractivity contribution in [3.63, 3.8) is 0 Å². The first-order valence-electron chi connectivity index (χ1n) is 6.65. The number of hydrogen-bond donors (Lipinski definition) is 2. The summed E-state index contributed by atoms with van der Waals surface area (Å²) in [7, 11) is -3.91. The van der Waals surface area contributed by atoms with Gasteiger partial charge < -0.3 is 5.11 Å². The Morgan fingerprint density at radius 2 is 1.78 bits per heavy atom. The molecule has 0 bridgehead atoms. The van der Waals surface area contributed by atoms with Crippen molar-refractivity contribution in [2.45, 2.75) is 6.42 Å². The molecule has 1 amide bonds. The zero-order chi connectivity index (χ0) is 15.7. The number of rotatable bonds is 3. The van der Waals surface area contributed by atoms with Gasteiger partial charge in [-0.25, -0.2) is 9.03 Å². The van der Waals surface area contributed by atoms with Gasteiger partial charge in [-0.3, -0.25) is 4.79 Å². The Kier molecular flexibility index (Phi) is 5.87. The molecule has 8 heteroatoms. The number of nitrogens with one attached hydrogen (secondary N) is 1. The van der Waals surface area contributed by atoms with E-state index < -0.39 is 16.1 Å². The SMILES string of the molecule is O=C1CN(c2ccc(Cc3ccccc3)cc2O)S(=O)(=O)N1.[KH]. The first-order chi connectivity index (χ1) is 10.5. The van der Waals surface area contributed by atoms with Crippen molar-refractivity contribution in [1.29, 1.82) is 0 Å². The van der Waals surface area contributed by atoms with E-state index in [9.17, 15) is 18.3 Å². The van der Waals surface area contributed by atoms with Crippen LogP contribution in [-0.4, -0.2) is 77.4 Å². The Hall–Kier alpha value is -0.904. The van der Waals surface area contributed by atoms with Crippen LogP contribution in [-0.2, 0) is 21.4 Å². The molecule has 0 spiro atoms. The van der Waals surface area contributed by atoms with E-state index in [1.807, 2.05) is 35.1 Å². The monoisotopic (exact) mass is 358 g/mol. The predicted octanol–water partition coefficient (Wildman–Crippen LogP) is 0.516. The van der Waals surface area contributed by atoms with Gasteiger partial charge in [0.15, 0.2) is 0 Å². The molecule has 0 saturated carbocycles. The molecule has 0 atom stereocenters. The van der Waals surface area contributed by atoms with E-state index in [1.165, 1.54) is 12.1 Å². The number of benzene rings is 2. The molecule has 0 aromatic heterocycles. The number of amides is 1. The summed E-state index contributed by atoms with van der Waals surface area (Å²) in [4.78, 5) is 11.2. The molecule has 1 heterocycles. The molecule has 2 aromatic carbocycles. The predicted molar refractivity (Wildman–Crippen MR) is 88.9 cm³/mol. The molecule has 2 N–H and O–H groups in total. The average molecular weight is 358 g/mol. The standard InChI is InChI=1S/C15H14N2O4S.K.H/c18-14-9-12(8-11-4-2-1-3-5-11)6-7-13(14)17-10-15(19)16-22(17,20)21;;/h1-7,9,18H,8,10H2,(H,16,19);;. The van der Waals surface area contributed by atoms with Crippen LogP contribution in [0.5, 0.6) is 5.75 Å². The zero-order valence-corrected chi connectivity index (χ0v) is 12.4. The van der Waals surface area contributed by atoms with E-state index in [0.29, 0.717) is 6.42 Å². The van der Waals surface area contributed by atoms with Crippen molar-refractivity contribution in [2.24, 2.45) is 0 Å². The summed E-state index contributed by atoms with van der Waals surface area (Å²) in [6.45, 7) is -0.325. The number of aromatic hydroxyl groups is 1. The molecule has 116 valence electrons. The van der Waals surface area contributed by atoms with Gasteiger partial charge in [0, 0.05) is 0 Å². The number of anilines is 1. The van der Waals surface area contributed by atoms with Gasteiger partial charge in [0.05, 0.1) is 5.69 Å². The van der Waals surface area contributed by atoms with E-state index in [4.69, 9.17) is 0 Å². The minimum absolute atomic E-state index is 0. The number of carbonyl (C=O) groups excluding carboxylic acids is 1. The molecular formula is C15H15KN2O4S. The normalized spacial score (nSPS) is 15.8. The van der Waals surface area contributed by atoms with E-state index in [0.717, 1.165) is 15.4 Å². The third-order valence-corrected chi connectivity index (χ3v) is 4.77. The number of phenolic OH excluding ortho intramolecular Hbond substituents is 1. The maximum atomic E-state index is 11.8. The Bertz CT molecular complexity index is 825. The molecule has 6 nitrogen and oxygen atoms in total. The summed E-state index contributed by atoms with van der Waals surface area (Å²) < 4.78 is 26.3. The number of phenols is 1. The van der Waals surface area contributed by atoms with Crippen molar-refractivity contribution >= 4 is 73.2 Å². The van der Waals surface area contributed by atoms with Gasteiger partial charge in [0.25, 0.3) is 5.91 Å². The molecule has 0 radical (unpaired) electrons. The number of hydrogen-bond acceptors (Lipinski definition) is 4. The van der Waals surface area contributed by atoms with Gasteiger partial charge in [-0.15, -0.1) is 0 Å². The second-order valence-electron chi connectivity index (χ2n) is 5.02. The molecule has 1 saturated heterocycles. The fraction of sp³-hybridized carbons (Fsp3) is 0.133. The fourth-order valence-corrected chi connectivity index (χ4v) is 3.55. The van der Waals surface area contributed by atoms with Crippen molar-refractivity contribution in [1.82, 2.24) is 4.72 Å². The topological polar surface area (TPSA) is 86.7 Å². The van der Waals surface area contributed by atoms with Crippen LogP contribution in [0.4, 0.5) is 5.69 Å². The van der Waals surface area contributed by atoms with Crippen LogP contribution in [0.1, 0.15) is 11.1 Å². The van der Waals surface area contributed by atoms with Crippen LogP contribution < -0.4 is 9.03 Å². The quantitative estimate of drug-likeness (QED) is 0.783. The number of carbonyl (C=O) groups is 1. The molecule has 23 heavy (non-hydrogen) atoms. The van der Waals surface area contributed by atoms with Gasteiger partial charge in [0.2, 0.25) is 0 Å². The Morgan fingerprint density at radius 3 is 2.35 bits per heavy atom. The Balaban J connectivity index is 0.00000192. The van der Waals surface area contributed by atoms with Crippen LogP contribution >= 0.6 is 0 Å². The second kappa shape index (κ2) is 7.33. The fourth-order valence-electron chi connectivity index (χ4n) is 2.38. The maximum absolute atomic E-state index is 11.8. The van der Waals surface area contributed by atoms with E-state index in [1.54, 1.807) is 6.07 Å². The van der Waals surface area contributed by atoms with Gasteiger partial charge in [-0.2, -0.15) is 8.42 Å². The van der Waals surface area contributed by atoms with Crippen molar-refractivity contribution in [2.75, 3.05) is 10.8 Å². The molecule has 0 unspecified atom stereocenters. The Morgan fingerprint density at radius 1 is 1.09 bits per heavy atom. The summed E-state index contributed by atoms with van der Waals surface area (Å²) in [6, 6.07) is 14.5. The summed E-state index contributed by atoms with van der Waals surface area (Å²) in [6.07, 6.45) is 0.624. The first-order valence-corrected chi connectivity index (χ1v) is 8.09. The molecule has 0 aliphatic carbocycles. The summed E-state index contributed by atoms with van der Waals surface area (Å²) in [5.41, 5.74) is 2.03. The van der Waals surface area contributed by atoms with Crippen LogP contribution in [0.2, 0.25) is 0 Å². The third kappa shape index (κ3) is 4.14. The van der Waals surface area contributed by atoms with Crippen molar-refractivity contribution in [3.8, 4) is 5.75 Å². The van der Waals surface area contributed by atoms with Crippen LogP contribution in [0, 0.1) is 0 Å². The number of nitrogens with zero attached hydrogens (tertiary/aromatic N) is 1. The van der Waals surface area contributed by atoms with Crippen LogP contribution in [0.3, 0.4) is 0 Å². The summed E-state index contributed by atoms with van der Waals surface area (Å²) in [5.74, 6) is -0.790. The van der Waals surface area contributed by atoms with Crippen LogP contribution in [0.15, 0.2) is 48.5 Å². The first kappa shape index (κ1) is 18.4. The molecular weight excluding hydrogens is 343 g/mol. The summed E-state index contributed by atoms with van der Waals surface area (Å²) in [5, 5.41) is 10.1. The van der Waals surface area contributed by atoms with Gasteiger partial charge >= 0.3 is 61.6 Å². The Labute approximate surface area is 177 Å². The zero-order valence-electron chi connectivity index (χ0n) is 11.6. The second-order valence-corrected chi connectivity index (χ2v) is 6.62. The van der Waals surface area contributed by atoms with E-state index in [2.05, 4.69) is 0 Å². The summed E-state index contributed by atoms with van der Waals surface area (Å²) >= 11 is 0. The van der Waals surface area contributed by atoms with Crippen LogP contribution in [0.25, 0.3) is 0 Å². The van der Waals surface area contributed by atoms with Crippen molar-refractivity contribution < 1.29 is 18.3 Å². The molecule has 3 rings (SSSR count). The third-order valence-electron chi connectivity index (χ3n) is 3.38. The molecule has 2 aromatic rings. The molecule has 1 fully saturated rings. The van der Waals surface area contributed by atoms with Crippen molar-refractivity contribution in [3.05, 3.63) is 59.7 Å². The molecule has 1 aliphatic heterocycles. The van der Waals surface area contributed by atoms with Gasteiger partial charge in [0.1, 0.15) is 12.3 Å². The molecule has 1 aliphatic rings. The van der Waals surface area contributed by atoms with Gasteiger partial charge in [-0.05, 0) is 29.7 Å². The van der Waals surface area contributed by atoms with Gasteiger partial charge in [-0.1, -0.05) is 36.4 Å². The average Bonchev–Trinajstić information content (AvgIpc) is 2.73. The minimum atomic E-state index is -3.91.